The Kier molecular flexibility index (Phi) is 5.61. The quantitative estimate of drug-likeness (QED) is 0.864. The molecule has 1 saturated heterocycles. The zero-order chi connectivity index (χ0) is 14.8. The molecule has 1 fully saturated rings. The van der Waals surface area contributed by atoms with Crippen LogP contribution in [0.25, 0.3) is 5.69 Å². The topological polar surface area (TPSA) is 64.2 Å². The molecule has 5 nitrogen and oxygen atoms in total. The van der Waals surface area contributed by atoms with Gasteiger partial charge in [0.05, 0.1) is 17.4 Å². The number of nitrogens with zero attached hydrogens (tertiary/aromatic N) is 3. The number of carbonyl (C=O) groups is 1. The van der Waals surface area contributed by atoms with Crippen LogP contribution in [0.2, 0.25) is 0 Å². The summed E-state index contributed by atoms with van der Waals surface area (Å²) < 4.78 is 2.73. The van der Waals surface area contributed by atoms with Gasteiger partial charge in [-0.25, -0.2) is 4.68 Å². The summed E-state index contributed by atoms with van der Waals surface area (Å²) in [5.41, 5.74) is 7.42. The van der Waals surface area contributed by atoms with Crippen molar-refractivity contribution in [1.82, 2.24) is 14.7 Å². The number of hydrogen-bond acceptors (Lipinski definition) is 3. The molecule has 118 valence electrons. The van der Waals surface area contributed by atoms with Gasteiger partial charge in [0.1, 0.15) is 0 Å². The van der Waals surface area contributed by atoms with Crippen LogP contribution < -0.4 is 5.73 Å². The van der Waals surface area contributed by atoms with E-state index < -0.39 is 0 Å². The van der Waals surface area contributed by atoms with Gasteiger partial charge < -0.3 is 10.6 Å². The number of likely N-dealkylation sites (tertiary alicyclic amines) is 1. The van der Waals surface area contributed by atoms with Crippen LogP contribution in [-0.2, 0) is 0 Å². The largest absolute Gasteiger partial charge is 0.338 e. The van der Waals surface area contributed by atoms with Gasteiger partial charge in [-0.3, -0.25) is 4.79 Å². The Balaban J connectivity index is 0.00000176. The van der Waals surface area contributed by atoms with Crippen LogP contribution in [0.5, 0.6) is 0 Å². The predicted octanol–water partition coefficient (Wildman–Crippen LogP) is 2.62. The number of rotatable bonds is 2. The van der Waals surface area contributed by atoms with Crippen molar-refractivity contribution in [3.8, 4) is 5.69 Å². The number of benzene rings is 1. The van der Waals surface area contributed by atoms with E-state index in [9.17, 15) is 4.79 Å². The number of halogens is 2. The second-order valence-corrected chi connectivity index (χ2v) is 6.20. The molecule has 0 atom stereocenters. The summed E-state index contributed by atoms with van der Waals surface area (Å²) in [5.74, 6) is 0.0326. The Labute approximate surface area is 144 Å². The minimum atomic E-state index is 0. The van der Waals surface area contributed by atoms with Gasteiger partial charge in [-0.05, 0) is 37.1 Å². The summed E-state index contributed by atoms with van der Waals surface area (Å²) in [5, 5.41) is 4.28. The minimum Gasteiger partial charge on any atom is -0.338 e. The molecule has 0 saturated carbocycles. The molecule has 1 amide bonds. The molecule has 2 heterocycles. The molecule has 0 bridgehead atoms. The average molecular weight is 386 g/mol. The number of amides is 1. The lowest BCUT2D eigenvalue weighted by Gasteiger charge is -2.29. The van der Waals surface area contributed by atoms with Gasteiger partial charge >= 0.3 is 0 Å². The van der Waals surface area contributed by atoms with Crippen molar-refractivity contribution in [1.29, 1.82) is 0 Å². The van der Waals surface area contributed by atoms with E-state index in [1.807, 2.05) is 29.2 Å². The van der Waals surface area contributed by atoms with Crippen LogP contribution in [0.3, 0.4) is 0 Å². The van der Waals surface area contributed by atoms with Crippen LogP contribution in [-0.4, -0.2) is 39.7 Å². The second-order valence-electron chi connectivity index (χ2n) is 5.28. The van der Waals surface area contributed by atoms with E-state index >= 15 is 0 Å². The standard InChI is InChI=1S/C15H17BrN4O.ClH/c16-12-1-3-14(4-2-12)20-10-11(9-18-20)15(21)19-7-5-13(17)6-8-19;/h1-4,9-10,13H,5-8,17H2;1H. The Morgan fingerprint density at radius 1 is 1.23 bits per heavy atom. The Bertz CT molecular complexity index is 635. The maximum absolute atomic E-state index is 12.4. The van der Waals surface area contributed by atoms with Crippen LogP contribution in [0.4, 0.5) is 0 Å². The van der Waals surface area contributed by atoms with E-state index in [4.69, 9.17) is 5.73 Å². The molecule has 0 unspecified atom stereocenters. The van der Waals surface area contributed by atoms with E-state index in [2.05, 4.69) is 21.0 Å². The molecule has 1 aromatic carbocycles. The summed E-state index contributed by atoms with van der Waals surface area (Å²) in [4.78, 5) is 14.3. The molecule has 0 radical (unpaired) electrons. The summed E-state index contributed by atoms with van der Waals surface area (Å²) in [6, 6.07) is 8.02. The molecule has 3 rings (SSSR count). The van der Waals surface area contributed by atoms with Crippen molar-refractivity contribution in [2.45, 2.75) is 18.9 Å². The molecule has 2 N–H and O–H groups in total. The molecule has 2 aromatic rings. The Hall–Kier alpha value is -1.37. The highest BCUT2D eigenvalue weighted by Crippen LogP contribution is 2.16. The van der Waals surface area contributed by atoms with Gasteiger partial charge in [0.2, 0.25) is 0 Å². The van der Waals surface area contributed by atoms with Crippen molar-refractivity contribution in [2.75, 3.05) is 13.1 Å². The number of carbonyl (C=O) groups excluding carboxylic acids is 1. The maximum Gasteiger partial charge on any atom is 0.257 e. The van der Waals surface area contributed by atoms with Crippen LogP contribution in [0, 0.1) is 0 Å². The number of nitrogens with two attached hydrogens (primary N) is 1. The molecule has 0 spiro atoms. The molecule has 0 aliphatic carbocycles. The fourth-order valence-corrected chi connectivity index (χ4v) is 2.72. The second kappa shape index (κ2) is 7.26. The molecule has 7 heteroatoms. The molecular formula is C15H18BrClN4O. The van der Waals surface area contributed by atoms with Gasteiger partial charge in [-0.2, -0.15) is 5.10 Å². The summed E-state index contributed by atoms with van der Waals surface area (Å²) in [6.07, 6.45) is 5.14. The van der Waals surface area contributed by atoms with Crippen molar-refractivity contribution in [2.24, 2.45) is 5.73 Å². The Morgan fingerprint density at radius 3 is 2.50 bits per heavy atom. The van der Waals surface area contributed by atoms with Crippen molar-refractivity contribution >= 4 is 34.2 Å². The normalized spacial score (nSPS) is 15.5. The first-order valence-corrected chi connectivity index (χ1v) is 7.78. The van der Waals surface area contributed by atoms with Crippen molar-refractivity contribution in [3.05, 3.63) is 46.7 Å². The summed E-state index contributed by atoms with van der Waals surface area (Å²) in [7, 11) is 0. The summed E-state index contributed by atoms with van der Waals surface area (Å²) >= 11 is 3.40. The van der Waals surface area contributed by atoms with Crippen LogP contribution >= 0.6 is 28.3 Å². The minimum absolute atomic E-state index is 0. The van der Waals surface area contributed by atoms with Gasteiger partial charge in [0.25, 0.3) is 5.91 Å². The number of hydrogen-bond donors (Lipinski definition) is 1. The highest BCUT2D eigenvalue weighted by Gasteiger charge is 2.22. The zero-order valence-electron chi connectivity index (χ0n) is 12.0. The molecule has 22 heavy (non-hydrogen) atoms. The summed E-state index contributed by atoms with van der Waals surface area (Å²) in [6.45, 7) is 1.45. The van der Waals surface area contributed by atoms with Crippen molar-refractivity contribution in [3.63, 3.8) is 0 Å². The van der Waals surface area contributed by atoms with Gasteiger partial charge in [0, 0.05) is 29.8 Å². The van der Waals surface area contributed by atoms with E-state index in [0.717, 1.165) is 36.1 Å². The van der Waals surface area contributed by atoms with Gasteiger partial charge in [-0.15, -0.1) is 12.4 Å². The predicted molar refractivity (Wildman–Crippen MR) is 91.6 cm³/mol. The third kappa shape index (κ3) is 3.69. The smallest absolute Gasteiger partial charge is 0.257 e. The first kappa shape index (κ1) is 17.0. The van der Waals surface area contributed by atoms with Crippen molar-refractivity contribution < 1.29 is 4.79 Å². The molecule has 1 aliphatic rings. The highest BCUT2D eigenvalue weighted by atomic mass is 79.9. The fourth-order valence-electron chi connectivity index (χ4n) is 2.45. The lowest BCUT2D eigenvalue weighted by Crippen LogP contribution is -2.42. The highest BCUT2D eigenvalue weighted by molar-refractivity contribution is 9.10. The fraction of sp³-hybridized carbons (Fsp3) is 0.333. The molecule has 1 aliphatic heterocycles. The first-order chi connectivity index (χ1) is 10.1. The lowest BCUT2D eigenvalue weighted by atomic mass is 10.1. The average Bonchev–Trinajstić information content (AvgIpc) is 2.98. The van der Waals surface area contributed by atoms with Gasteiger partial charge in [-0.1, -0.05) is 15.9 Å². The zero-order valence-corrected chi connectivity index (χ0v) is 14.4. The van der Waals surface area contributed by atoms with E-state index in [-0.39, 0.29) is 24.4 Å². The van der Waals surface area contributed by atoms with E-state index in [1.165, 1.54) is 0 Å². The first-order valence-electron chi connectivity index (χ1n) is 6.99. The Morgan fingerprint density at radius 2 is 1.86 bits per heavy atom. The maximum atomic E-state index is 12.4. The van der Waals surface area contributed by atoms with Crippen LogP contribution in [0.15, 0.2) is 41.1 Å². The van der Waals surface area contributed by atoms with Gasteiger partial charge in [0.15, 0.2) is 0 Å². The molecule has 1 aromatic heterocycles. The lowest BCUT2D eigenvalue weighted by molar-refractivity contribution is 0.0715. The third-order valence-corrected chi connectivity index (χ3v) is 4.28. The van der Waals surface area contributed by atoms with E-state index in [1.54, 1.807) is 17.1 Å². The molecular weight excluding hydrogens is 368 g/mol. The monoisotopic (exact) mass is 384 g/mol. The SMILES string of the molecule is Cl.NC1CCN(C(=O)c2cnn(-c3ccc(Br)cc3)c2)CC1. The number of aromatic nitrogens is 2. The van der Waals surface area contributed by atoms with E-state index in [0.29, 0.717) is 5.56 Å². The third-order valence-electron chi connectivity index (χ3n) is 3.75. The number of piperidine rings is 1. The van der Waals surface area contributed by atoms with Crippen LogP contribution in [0.1, 0.15) is 23.2 Å².